The molecule has 0 aromatic heterocycles. The summed E-state index contributed by atoms with van der Waals surface area (Å²) >= 11 is 0. The zero-order chi connectivity index (χ0) is 10.2. The summed E-state index contributed by atoms with van der Waals surface area (Å²) in [5, 5.41) is 3.20. The van der Waals surface area contributed by atoms with Crippen LogP contribution in [-0.4, -0.2) is 11.9 Å². The Morgan fingerprint density at radius 3 is 2.79 bits per heavy atom. The Morgan fingerprint density at radius 2 is 2.00 bits per heavy atom. The van der Waals surface area contributed by atoms with E-state index < -0.39 is 0 Å². The van der Waals surface area contributed by atoms with Gasteiger partial charge < -0.3 is 5.32 Å². The molecule has 0 bridgehead atoms. The highest BCUT2D eigenvalue weighted by Gasteiger charge is 2.36. The lowest BCUT2D eigenvalue weighted by atomic mass is 9.74. The zero-order valence-corrected chi connectivity index (χ0v) is 9.31. The van der Waals surface area contributed by atoms with Gasteiger partial charge in [0.15, 0.2) is 0 Å². The first-order chi connectivity index (χ1) is 6.57. The molecule has 1 N–H and O–H groups in total. The molecule has 1 heterocycles. The highest BCUT2D eigenvalue weighted by Crippen LogP contribution is 2.38. The average Bonchev–Trinajstić information content (AvgIpc) is 2.16. The number of fused-ring (bicyclic) bond motifs is 1. The lowest BCUT2D eigenvalue weighted by molar-refractivity contribution is -0.123. The van der Waals surface area contributed by atoms with Crippen molar-refractivity contribution in [2.75, 3.05) is 0 Å². The number of amides is 1. The minimum atomic E-state index is 0.209. The van der Waals surface area contributed by atoms with E-state index in [1.54, 1.807) is 0 Å². The van der Waals surface area contributed by atoms with Crippen molar-refractivity contribution in [3.8, 4) is 0 Å². The van der Waals surface area contributed by atoms with Gasteiger partial charge in [0.05, 0.1) is 0 Å². The number of rotatable bonds is 0. The summed E-state index contributed by atoms with van der Waals surface area (Å²) in [6.07, 6.45) is 7.09. The molecule has 0 spiro atoms. The molecule has 2 fully saturated rings. The van der Waals surface area contributed by atoms with Crippen LogP contribution >= 0.6 is 0 Å². The van der Waals surface area contributed by atoms with Gasteiger partial charge in [-0.2, -0.15) is 0 Å². The van der Waals surface area contributed by atoms with Gasteiger partial charge in [0.25, 0.3) is 0 Å². The number of carbonyl (C=O) groups is 1. The molecule has 2 heteroatoms. The Bertz CT molecular complexity index is 234. The first kappa shape index (κ1) is 10.0. The van der Waals surface area contributed by atoms with Crippen LogP contribution in [0.5, 0.6) is 0 Å². The van der Waals surface area contributed by atoms with Crippen molar-refractivity contribution in [3.05, 3.63) is 0 Å². The van der Waals surface area contributed by atoms with Crippen molar-refractivity contribution in [2.24, 2.45) is 11.3 Å². The normalized spacial score (nSPS) is 36.9. The van der Waals surface area contributed by atoms with Crippen molar-refractivity contribution >= 4 is 5.91 Å². The topological polar surface area (TPSA) is 29.1 Å². The van der Waals surface area contributed by atoms with Gasteiger partial charge in [-0.1, -0.05) is 26.7 Å². The quantitative estimate of drug-likeness (QED) is 0.632. The summed E-state index contributed by atoms with van der Waals surface area (Å²) in [5.74, 6) is 1.01. The fraction of sp³-hybridized carbons (Fsp3) is 0.917. The summed E-state index contributed by atoms with van der Waals surface area (Å²) in [6.45, 7) is 4.45. The van der Waals surface area contributed by atoms with Crippen LogP contribution in [0.4, 0.5) is 0 Å². The Labute approximate surface area is 86.5 Å². The highest BCUT2D eigenvalue weighted by atomic mass is 16.1. The van der Waals surface area contributed by atoms with Gasteiger partial charge >= 0.3 is 0 Å². The van der Waals surface area contributed by atoms with Crippen LogP contribution in [0.15, 0.2) is 0 Å². The molecular formula is C12H21NO. The van der Waals surface area contributed by atoms with Gasteiger partial charge in [-0.25, -0.2) is 0 Å². The Kier molecular flexibility index (Phi) is 2.54. The second-order valence-corrected chi connectivity index (χ2v) is 5.76. The first-order valence-electron chi connectivity index (χ1n) is 5.86. The number of carbonyl (C=O) groups excluding carboxylic acids is 1. The fourth-order valence-electron chi connectivity index (χ4n) is 3.12. The average molecular weight is 195 g/mol. The lowest BCUT2D eigenvalue weighted by Gasteiger charge is -2.32. The maximum Gasteiger partial charge on any atom is 0.220 e. The van der Waals surface area contributed by atoms with Crippen LogP contribution in [-0.2, 0) is 4.79 Å². The largest absolute Gasteiger partial charge is 0.353 e. The van der Waals surface area contributed by atoms with Crippen LogP contribution in [0.3, 0.4) is 0 Å². The molecule has 1 aliphatic heterocycles. The van der Waals surface area contributed by atoms with Crippen molar-refractivity contribution in [1.29, 1.82) is 0 Å². The molecule has 0 radical (unpaired) electrons. The van der Waals surface area contributed by atoms with E-state index in [-0.39, 0.29) is 11.3 Å². The van der Waals surface area contributed by atoms with E-state index in [0.717, 1.165) is 5.92 Å². The summed E-state index contributed by atoms with van der Waals surface area (Å²) in [6, 6.07) is 0.484. The third-order valence-corrected chi connectivity index (χ3v) is 3.71. The van der Waals surface area contributed by atoms with E-state index in [2.05, 4.69) is 19.2 Å². The second kappa shape index (κ2) is 3.56. The molecule has 0 unspecified atom stereocenters. The second-order valence-electron chi connectivity index (χ2n) is 5.76. The van der Waals surface area contributed by atoms with Gasteiger partial charge in [-0.15, -0.1) is 0 Å². The Balaban J connectivity index is 2.12. The predicted molar refractivity (Wildman–Crippen MR) is 56.9 cm³/mol. The van der Waals surface area contributed by atoms with Gasteiger partial charge in [0, 0.05) is 12.5 Å². The van der Waals surface area contributed by atoms with E-state index in [9.17, 15) is 4.79 Å². The molecule has 14 heavy (non-hydrogen) atoms. The first-order valence-corrected chi connectivity index (χ1v) is 5.86. The van der Waals surface area contributed by atoms with Crippen LogP contribution in [0, 0.1) is 11.3 Å². The van der Waals surface area contributed by atoms with Gasteiger partial charge in [0.1, 0.15) is 0 Å². The van der Waals surface area contributed by atoms with Crippen molar-refractivity contribution in [3.63, 3.8) is 0 Å². The van der Waals surface area contributed by atoms with E-state index in [1.807, 2.05) is 0 Å². The number of hydrogen-bond donors (Lipinski definition) is 1. The predicted octanol–water partition coefficient (Wildman–Crippen LogP) is 2.48. The van der Waals surface area contributed by atoms with Gasteiger partial charge in [0.2, 0.25) is 5.91 Å². The number of hydrogen-bond acceptors (Lipinski definition) is 1. The zero-order valence-electron chi connectivity index (χ0n) is 9.31. The summed E-state index contributed by atoms with van der Waals surface area (Å²) in [7, 11) is 0. The molecule has 1 amide bonds. The van der Waals surface area contributed by atoms with Crippen molar-refractivity contribution in [2.45, 2.75) is 58.4 Å². The van der Waals surface area contributed by atoms with E-state index in [4.69, 9.17) is 0 Å². The molecule has 0 aromatic rings. The molecule has 1 saturated heterocycles. The fourth-order valence-corrected chi connectivity index (χ4v) is 3.12. The highest BCUT2D eigenvalue weighted by molar-refractivity contribution is 5.77. The molecule has 1 aliphatic carbocycles. The Hall–Kier alpha value is -0.530. The monoisotopic (exact) mass is 195 g/mol. The molecule has 0 aromatic carbocycles. The van der Waals surface area contributed by atoms with Crippen LogP contribution in [0.1, 0.15) is 52.4 Å². The molecular weight excluding hydrogens is 174 g/mol. The maximum absolute atomic E-state index is 11.6. The smallest absolute Gasteiger partial charge is 0.220 e. The summed E-state index contributed by atoms with van der Waals surface area (Å²) < 4.78 is 0. The van der Waals surface area contributed by atoms with Crippen LogP contribution in [0.25, 0.3) is 0 Å². The van der Waals surface area contributed by atoms with Gasteiger partial charge in [-0.3, -0.25) is 4.79 Å². The van der Waals surface area contributed by atoms with Gasteiger partial charge in [-0.05, 0) is 30.6 Å². The van der Waals surface area contributed by atoms with E-state index >= 15 is 0 Å². The molecule has 2 nitrogen and oxygen atoms in total. The summed E-state index contributed by atoms with van der Waals surface area (Å²) in [5.41, 5.74) is 0.209. The minimum Gasteiger partial charge on any atom is -0.353 e. The van der Waals surface area contributed by atoms with Crippen LogP contribution < -0.4 is 5.32 Å². The third kappa shape index (κ3) is 2.10. The lowest BCUT2D eigenvalue weighted by Crippen LogP contribution is -2.39. The Morgan fingerprint density at radius 1 is 1.29 bits per heavy atom. The molecule has 1 saturated carbocycles. The SMILES string of the molecule is CC1(C)CC(=O)N[C@@H]2CCCC[C@@H]2C1. The number of nitrogens with one attached hydrogen (secondary N) is 1. The maximum atomic E-state index is 11.6. The van der Waals surface area contributed by atoms with E-state index in [0.29, 0.717) is 12.5 Å². The van der Waals surface area contributed by atoms with E-state index in [1.165, 1.54) is 32.1 Å². The molecule has 80 valence electrons. The molecule has 2 atom stereocenters. The standard InChI is InChI=1S/C12H21NO/c1-12(2)7-9-5-3-4-6-10(9)13-11(14)8-12/h9-10H,3-8H2,1-2H3,(H,13,14)/t9-,10-/m1/s1. The van der Waals surface area contributed by atoms with Crippen molar-refractivity contribution < 1.29 is 4.79 Å². The summed E-state index contributed by atoms with van der Waals surface area (Å²) in [4.78, 5) is 11.6. The van der Waals surface area contributed by atoms with Crippen LogP contribution in [0.2, 0.25) is 0 Å². The molecule has 2 rings (SSSR count). The third-order valence-electron chi connectivity index (χ3n) is 3.71. The molecule has 2 aliphatic rings. The minimum absolute atomic E-state index is 0.209. The van der Waals surface area contributed by atoms with Crippen molar-refractivity contribution in [1.82, 2.24) is 5.32 Å².